The van der Waals surface area contributed by atoms with E-state index >= 15 is 0 Å². The van der Waals surface area contributed by atoms with Crippen LogP contribution in [0.4, 0.5) is 18.9 Å². The summed E-state index contributed by atoms with van der Waals surface area (Å²) in [6, 6.07) is 6.10. The molecule has 0 spiro atoms. The van der Waals surface area contributed by atoms with E-state index in [1.165, 1.54) is 12.1 Å². The Morgan fingerprint density at radius 3 is 1.91 bits per heavy atom. The van der Waals surface area contributed by atoms with E-state index in [9.17, 15) is 18.3 Å². The van der Waals surface area contributed by atoms with Crippen molar-refractivity contribution in [3.63, 3.8) is 0 Å². The molecule has 1 aromatic carbocycles. The number of aliphatic hydroxyl groups is 1. The first-order valence-corrected chi connectivity index (χ1v) is 7.94. The molecule has 1 aromatic rings. The second-order valence-corrected chi connectivity index (χ2v) is 5.53. The van der Waals surface area contributed by atoms with Crippen LogP contribution in [-0.2, 0) is 5.60 Å². The van der Waals surface area contributed by atoms with Gasteiger partial charge in [-0.2, -0.15) is 13.2 Å². The standard InChI is InChI=1S/C17H26F3NO/c1-4-7-8-13-16(22,17(18,19)20)14-9-11-15(12-10-14)21(5-2)6-3/h9-12,22H,4-8,13H2,1-3H3. The third-order valence-corrected chi connectivity index (χ3v) is 4.08. The number of unbranched alkanes of at least 4 members (excludes halogenated alkanes) is 2. The van der Waals surface area contributed by atoms with Crippen LogP contribution in [0.2, 0.25) is 0 Å². The largest absolute Gasteiger partial charge is 0.421 e. The predicted molar refractivity (Wildman–Crippen MR) is 84.1 cm³/mol. The molecular weight excluding hydrogens is 291 g/mol. The highest BCUT2D eigenvalue weighted by Gasteiger charge is 2.54. The molecular formula is C17H26F3NO. The number of benzene rings is 1. The molecule has 5 heteroatoms. The Hall–Kier alpha value is -1.23. The molecule has 0 aliphatic heterocycles. The fourth-order valence-electron chi connectivity index (χ4n) is 2.62. The van der Waals surface area contributed by atoms with Gasteiger partial charge in [-0.3, -0.25) is 0 Å². The summed E-state index contributed by atoms with van der Waals surface area (Å²) in [5.41, 5.74) is -1.97. The monoisotopic (exact) mass is 317 g/mol. The van der Waals surface area contributed by atoms with Crippen molar-refractivity contribution in [3.05, 3.63) is 29.8 Å². The Morgan fingerprint density at radius 1 is 0.955 bits per heavy atom. The van der Waals surface area contributed by atoms with E-state index in [4.69, 9.17) is 0 Å². The summed E-state index contributed by atoms with van der Waals surface area (Å²) in [7, 11) is 0. The molecule has 22 heavy (non-hydrogen) atoms. The minimum Gasteiger partial charge on any atom is -0.376 e. The lowest BCUT2D eigenvalue weighted by atomic mass is 9.87. The number of alkyl halides is 3. The highest BCUT2D eigenvalue weighted by Crippen LogP contribution is 2.43. The maximum absolute atomic E-state index is 13.3. The number of nitrogens with zero attached hydrogens (tertiary/aromatic N) is 1. The van der Waals surface area contributed by atoms with E-state index in [1.54, 1.807) is 12.1 Å². The van der Waals surface area contributed by atoms with Crippen molar-refractivity contribution in [1.82, 2.24) is 0 Å². The van der Waals surface area contributed by atoms with Crippen LogP contribution >= 0.6 is 0 Å². The molecule has 126 valence electrons. The zero-order chi connectivity index (χ0) is 16.8. The molecule has 0 bridgehead atoms. The Morgan fingerprint density at radius 2 is 1.50 bits per heavy atom. The Balaban J connectivity index is 3.05. The summed E-state index contributed by atoms with van der Waals surface area (Å²) >= 11 is 0. The lowest BCUT2D eigenvalue weighted by molar-refractivity contribution is -0.269. The molecule has 1 atom stereocenters. The number of anilines is 1. The second kappa shape index (κ2) is 7.86. The molecule has 0 heterocycles. The topological polar surface area (TPSA) is 23.5 Å². The fourth-order valence-corrected chi connectivity index (χ4v) is 2.62. The normalized spacial score (nSPS) is 14.7. The summed E-state index contributed by atoms with van der Waals surface area (Å²) in [5, 5.41) is 10.3. The molecule has 0 aliphatic carbocycles. The van der Waals surface area contributed by atoms with Crippen molar-refractivity contribution in [2.75, 3.05) is 18.0 Å². The number of hydrogen-bond donors (Lipinski definition) is 1. The van der Waals surface area contributed by atoms with Crippen molar-refractivity contribution in [2.24, 2.45) is 0 Å². The van der Waals surface area contributed by atoms with Gasteiger partial charge in [0.25, 0.3) is 0 Å². The second-order valence-electron chi connectivity index (χ2n) is 5.53. The first kappa shape index (κ1) is 18.8. The van der Waals surface area contributed by atoms with Crippen LogP contribution in [0.3, 0.4) is 0 Å². The van der Waals surface area contributed by atoms with E-state index in [-0.39, 0.29) is 12.0 Å². The Labute approximate surface area is 130 Å². The maximum atomic E-state index is 13.3. The molecule has 2 nitrogen and oxygen atoms in total. The van der Waals surface area contributed by atoms with Gasteiger partial charge in [0, 0.05) is 18.8 Å². The third-order valence-electron chi connectivity index (χ3n) is 4.08. The zero-order valence-corrected chi connectivity index (χ0v) is 13.6. The average molecular weight is 317 g/mol. The number of rotatable bonds is 8. The van der Waals surface area contributed by atoms with Crippen molar-refractivity contribution < 1.29 is 18.3 Å². The highest BCUT2D eigenvalue weighted by atomic mass is 19.4. The van der Waals surface area contributed by atoms with E-state index in [2.05, 4.69) is 0 Å². The van der Waals surface area contributed by atoms with Gasteiger partial charge in [0.05, 0.1) is 0 Å². The molecule has 1 unspecified atom stereocenters. The van der Waals surface area contributed by atoms with Gasteiger partial charge >= 0.3 is 6.18 Å². The predicted octanol–water partition coefficient (Wildman–Crippen LogP) is 4.86. The van der Waals surface area contributed by atoms with E-state index in [1.807, 2.05) is 25.7 Å². The van der Waals surface area contributed by atoms with Crippen molar-refractivity contribution in [3.8, 4) is 0 Å². The lowest BCUT2D eigenvalue weighted by Crippen LogP contribution is -2.42. The van der Waals surface area contributed by atoms with E-state index < -0.39 is 11.8 Å². The first-order chi connectivity index (χ1) is 10.3. The third kappa shape index (κ3) is 4.15. The van der Waals surface area contributed by atoms with E-state index in [0.717, 1.165) is 25.2 Å². The minimum absolute atomic E-state index is 0.0768. The molecule has 0 radical (unpaired) electrons. The summed E-state index contributed by atoms with van der Waals surface area (Å²) in [5.74, 6) is 0. The SMILES string of the molecule is CCCCCC(O)(c1ccc(N(CC)CC)cc1)C(F)(F)F. The van der Waals surface area contributed by atoms with Crippen LogP contribution in [-0.4, -0.2) is 24.4 Å². The zero-order valence-electron chi connectivity index (χ0n) is 13.6. The van der Waals surface area contributed by atoms with Crippen molar-refractivity contribution in [1.29, 1.82) is 0 Å². The minimum atomic E-state index is -4.67. The average Bonchev–Trinajstić information content (AvgIpc) is 2.48. The van der Waals surface area contributed by atoms with Gasteiger partial charge in [0.1, 0.15) is 0 Å². The number of halogens is 3. The van der Waals surface area contributed by atoms with Gasteiger partial charge in [-0.15, -0.1) is 0 Å². The Bertz CT molecular complexity index is 440. The smallest absolute Gasteiger partial charge is 0.376 e. The lowest BCUT2D eigenvalue weighted by Gasteiger charge is -2.31. The highest BCUT2D eigenvalue weighted by molar-refractivity contribution is 5.48. The molecule has 0 aromatic heterocycles. The fraction of sp³-hybridized carbons (Fsp3) is 0.647. The van der Waals surface area contributed by atoms with Crippen LogP contribution in [0.5, 0.6) is 0 Å². The maximum Gasteiger partial charge on any atom is 0.421 e. The molecule has 1 N–H and O–H groups in total. The molecule has 0 fully saturated rings. The van der Waals surface area contributed by atoms with Crippen molar-refractivity contribution in [2.45, 2.75) is 58.2 Å². The van der Waals surface area contributed by atoms with Gasteiger partial charge in [-0.25, -0.2) is 0 Å². The van der Waals surface area contributed by atoms with Crippen LogP contribution in [0.15, 0.2) is 24.3 Å². The van der Waals surface area contributed by atoms with Gasteiger partial charge in [-0.1, -0.05) is 31.9 Å². The summed E-state index contributed by atoms with van der Waals surface area (Å²) in [4.78, 5) is 2.05. The van der Waals surface area contributed by atoms with Gasteiger partial charge in [0.2, 0.25) is 0 Å². The molecule has 0 saturated heterocycles. The van der Waals surface area contributed by atoms with Gasteiger partial charge in [-0.05, 0) is 44.4 Å². The van der Waals surface area contributed by atoms with Crippen molar-refractivity contribution >= 4 is 5.69 Å². The van der Waals surface area contributed by atoms with Crippen LogP contribution < -0.4 is 4.90 Å². The molecule has 0 saturated carbocycles. The Kier molecular flexibility index (Phi) is 6.72. The van der Waals surface area contributed by atoms with Gasteiger partial charge in [0.15, 0.2) is 5.60 Å². The van der Waals surface area contributed by atoms with Crippen LogP contribution in [0.1, 0.15) is 52.0 Å². The summed E-state index contributed by atoms with van der Waals surface area (Å²) < 4.78 is 40.0. The van der Waals surface area contributed by atoms with E-state index in [0.29, 0.717) is 12.8 Å². The summed E-state index contributed by atoms with van der Waals surface area (Å²) in [6.45, 7) is 7.49. The first-order valence-electron chi connectivity index (χ1n) is 7.94. The van der Waals surface area contributed by atoms with Crippen LogP contribution in [0.25, 0.3) is 0 Å². The van der Waals surface area contributed by atoms with Gasteiger partial charge < -0.3 is 10.0 Å². The van der Waals surface area contributed by atoms with Crippen LogP contribution in [0, 0.1) is 0 Å². The summed E-state index contributed by atoms with van der Waals surface area (Å²) in [6.07, 6.45) is -3.12. The quantitative estimate of drug-likeness (QED) is 0.692. The molecule has 0 amide bonds. The molecule has 1 rings (SSSR count). The molecule has 0 aliphatic rings. The number of hydrogen-bond acceptors (Lipinski definition) is 2.